The van der Waals surface area contributed by atoms with Crippen LogP contribution in [0.4, 0.5) is 0 Å². The maximum absolute atomic E-state index is 10.9. The van der Waals surface area contributed by atoms with Gasteiger partial charge in [0.2, 0.25) is 0 Å². The van der Waals surface area contributed by atoms with Crippen LogP contribution in [0.25, 0.3) is 0 Å². The Labute approximate surface area is 150 Å². The first-order valence-corrected chi connectivity index (χ1v) is 10.4. The van der Waals surface area contributed by atoms with Gasteiger partial charge in [-0.2, -0.15) is 0 Å². The Kier molecular flexibility index (Phi) is 4.31. The molecule has 0 aromatic heterocycles. The van der Waals surface area contributed by atoms with E-state index in [4.69, 9.17) is 0 Å². The summed E-state index contributed by atoms with van der Waals surface area (Å²) in [6, 6.07) is 0. The number of aliphatic hydroxyl groups is 2. The molecule has 0 heterocycles. The summed E-state index contributed by atoms with van der Waals surface area (Å²) in [4.78, 5) is 0.609. The van der Waals surface area contributed by atoms with E-state index < -0.39 is 5.60 Å². The second-order valence-corrected chi connectivity index (χ2v) is 11.2. The Morgan fingerprint density at radius 3 is 2.04 bits per heavy atom. The zero-order chi connectivity index (χ0) is 17.3. The molecule has 134 valence electrons. The number of hydrogen-bond acceptors (Lipinski definition) is 2. The van der Waals surface area contributed by atoms with Crippen LogP contribution < -0.4 is 0 Å². The molecule has 0 aromatic carbocycles. The summed E-state index contributed by atoms with van der Waals surface area (Å²) in [6.07, 6.45) is 6.83. The van der Waals surface area contributed by atoms with E-state index in [2.05, 4.69) is 43.6 Å². The Bertz CT molecular complexity index is 474. The highest BCUT2D eigenvalue weighted by molar-refractivity contribution is 9.09. The van der Waals surface area contributed by atoms with Gasteiger partial charge in [0.05, 0.1) is 5.60 Å². The van der Waals surface area contributed by atoms with E-state index in [1.807, 2.05) is 6.92 Å². The van der Waals surface area contributed by atoms with E-state index in [1.54, 1.807) is 0 Å². The summed E-state index contributed by atoms with van der Waals surface area (Å²) in [5, 5.41) is 21.0. The standard InChI is InChI=1S/C20H35BrO2/c1-17(2)13-6-9-19(4)14(18(13,3)10-8-16(17)21)7-11-20(5,23)15(19)12-22/h13-16,22-23H,6-12H2,1-5H3/t13-,14+,15-,16-,18-,19+,20+/m1/s1. The topological polar surface area (TPSA) is 40.5 Å². The van der Waals surface area contributed by atoms with Crippen LogP contribution in [-0.2, 0) is 0 Å². The van der Waals surface area contributed by atoms with Crippen LogP contribution in [0.1, 0.15) is 73.1 Å². The molecule has 3 heteroatoms. The van der Waals surface area contributed by atoms with Crippen molar-refractivity contribution in [2.45, 2.75) is 83.6 Å². The molecule has 2 nitrogen and oxygen atoms in total. The second-order valence-electron chi connectivity index (χ2n) is 10.1. The maximum atomic E-state index is 10.9. The Balaban J connectivity index is 2.01. The molecule has 0 saturated heterocycles. The van der Waals surface area contributed by atoms with Crippen molar-refractivity contribution in [1.82, 2.24) is 0 Å². The molecule has 0 aliphatic heterocycles. The lowest BCUT2D eigenvalue weighted by Crippen LogP contribution is -2.64. The molecule has 23 heavy (non-hydrogen) atoms. The van der Waals surface area contributed by atoms with Crippen molar-refractivity contribution in [2.75, 3.05) is 6.61 Å². The first-order chi connectivity index (χ1) is 10.5. The number of hydrogen-bond donors (Lipinski definition) is 2. The van der Waals surface area contributed by atoms with E-state index in [1.165, 1.54) is 19.3 Å². The normalized spacial score (nSPS) is 55.8. The zero-order valence-electron chi connectivity index (χ0n) is 15.5. The molecule has 3 aliphatic carbocycles. The van der Waals surface area contributed by atoms with E-state index in [9.17, 15) is 10.2 Å². The average Bonchev–Trinajstić information content (AvgIpc) is 2.42. The van der Waals surface area contributed by atoms with Crippen LogP contribution in [0.5, 0.6) is 0 Å². The molecule has 0 aromatic rings. The van der Waals surface area contributed by atoms with Crippen molar-refractivity contribution in [1.29, 1.82) is 0 Å². The fraction of sp³-hybridized carbons (Fsp3) is 1.00. The molecule has 3 saturated carbocycles. The van der Waals surface area contributed by atoms with Crippen LogP contribution >= 0.6 is 15.9 Å². The van der Waals surface area contributed by atoms with Gasteiger partial charge in [-0.15, -0.1) is 0 Å². The van der Waals surface area contributed by atoms with Gasteiger partial charge in [-0.1, -0.05) is 43.6 Å². The van der Waals surface area contributed by atoms with E-state index in [0.29, 0.717) is 21.6 Å². The lowest BCUT2D eigenvalue weighted by atomic mass is 9.38. The van der Waals surface area contributed by atoms with Crippen LogP contribution in [0.2, 0.25) is 0 Å². The van der Waals surface area contributed by atoms with Gasteiger partial charge in [0.1, 0.15) is 0 Å². The molecule has 0 spiro atoms. The number of halogens is 1. The third kappa shape index (κ3) is 2.39. The van der Waals surface area contributed by atoms with Crippen molar-refractivity contribution in [3.63, 3.8) is 0 Å². The van der Waals surface area contributed by atoms with Gasteiger partial charge in [-0.25, -0.2) is 0 Å². The lowest BCUT2D eigenvalue weighted by Gasteiger charge is -2.68. The smallest absolute Gasteiger partial charge is 0.0675 e. The van der Waals surface area contributed by atoms with Gasteiger partial charge in [-0.05, 0) is 73.5 Å². The van der Waals surface area contributed by atoms with Crippen molar-refractivity contribution in [3.8, 4) is 0 Å². The predicted molar refractivity (Wildman–Crippen MR) is 98.6 cm³/mol. The highest BCUT2D eigenvalue weighted by atomic mass is 79.9. The first-order valence-electron chi connectivity index (χ1n) is 9.47. The zero-order valence-corrected chi connectivity index (χ0v) is 17.1. The fourth-order valence-corrected chi connectivity index (χ4v) is 7.90. The van der Waals surface area contributed by atoms with Crippen molar-refractivity contribution in [2.24, 2.45) is 34.0 Å². The summed E-state index contributed by atoms with van der Waals surface area (Å²) in [5.41, 5.74) is 0.00994. The Hall–Kier alpha value is 0.400. The molecular formula is C20H35BrO2. The SMILES string of the molecule is CC1(C)[C@H](Br)CC[C@@]2(C)[C@@H]3CC[C@](C)(O)[C@H](CO)[C@@]3(C)CC[C@H]12. The molecule has 7 atom stereocenters. The quantitative estimate of drug-likeness (QED) is 0.637. The minimum atomic E-state index is -0.717. The number of fused-ring (bicyclic) bond motifs is 3. The van der Waals surface area contributed by atoms with E-state index in [0.717, 1.165) is 25.2 Å². The number of rotatable bonds is 1. The Morgan fingerprint density at radius 2 is 1.43 bits per heavy atom. The molecule has 0 unspecified atom stereocenters. The third-order valence-corrected chi connectivity index (χ3v) is 10.3. The third-order valence-electron chi connectivity index (χ3n) is 8.67. The number of aliphatic hydroxyl groups excluding tert-OH is 1. The lowest BCUT2D eigenvalue weighted by molar-refractivity contribution is -0.215. The molecule has 2 N–H and O–H groups in total. The first kappa shape index (κ1) is 18.2. The summed E-state index contributed by atoms with van der Waals surface area (Å²) < 4.78 is 0. The fourth-order valence-electron chi connectivity index (χ4n) is 7.36. The van der Waals surface area contributed by atoms with Gasteiger partial charge in [0.25, 0.3) is 0 Å². The van der Waals surface area contributed by atoms with Crippen LogP contribution in [0.15, 0.2) is 0 Å². The van der Waals surface area contributed by atoms with Crippen LogP contribution in [0, 0.1) is 34.0 Å². The largest absolute Gasteiger partial charge is 0.396 e. The van der Waals surface area contributed by atoms with Crippen molar-refractivity contribution < 1.29 is 10.2 Å². The molecular weight excluding hydrogens is 352 g/mol. The van der Waals surface area contributed by atoms with Crippen LogP contribution in [0.3, 0.4) is 0 Å². The van der Waals surface area contributed by atoms with Crippen LogP contribution in [-0.4, -0.2) is 27.2 Å². The van der Waals surface area contributed by atoms with Gasteiger partial charge < -0.3 is 10.2 Å². The minimum Gasteiger partial charge on any atom is -0.396 e. The van der Waals surface area contributed by atoms with Gasteiger partial charge in [-0.3, -0.25) is 0 Å². The average molecular weight is 387 g/mol. The molecule has 0 bridgehead atoms. The minimum absolute atomic E-state index is 0.0105. The van der Waals surface area contributed by atoms with Gasteiger partial charge in [0, 0.05) is 17.4 Å². The second kappa shape index (κ2) is 5.45. The number of alkyl halides is 1. The molecule has 3 rings (SSSR count). The predicted octanol–water partition coefficient (Wildman–Crippen LogP) is 4.76. The monoisotopic (exact) mass is 386 g/mol. The molecule has 0 amide bonds. The Morgan fingerprint density at radius 1 is 0.870 bits per heavy atom. The van der Waals surface area contributed by atoms with Gasteiger partial charge in [0.15, 0.2) is 0 Å². The van der Waals surface area contributed by atoms with Crippen molar-refractivity contribution >= 4 is 15.9 Å². The summed E-state index contributed by atoms with van der Waals surface area (Å²) in [5.74, 6) is 1.36. The maximum Gasteiger partial charge on any atom is 0.0675 e. The molecule has 0 radical (unpaired) electrons. The van der Waals surface area contributed by atoms with E-state index in [-0.39, 0.29) is 17.9 Å². The summed E-state index contributed by atoms with van der Waals surface area (Å²) in [6.45, 7) is 11.8. The highest BCUT2D eigenvalue weighted by Crippen LogP contribution is 2.70. The van der Waals surface area contributed by atoms with E-state index >= 15 is 0 Å². The molecule has 3 fully saturated rings. The van der Waals surface area contributed by atoms with Gasteiger partial charge >= 0.3 is 0 Å². The summed E-state index contributed by atoms with van der Waals surface area (Å²) >= 11 is 3.96. The summed E-state index contributed by atoms with van der Waals surface area (Å²) in [7, 11) is 0. The molecule has 3 aliphatic rings. The highest BCUT2D eigenvalue weighted by Gasteiger charge is 2.64. The van der Waals surface area contributed by atoms with Crippen molar-refractivity contribution in [3.05, 3.63) is 0 Å².